The molecule has 0 spiro atoms. The van der Waals surface area contributed by atoms with Gasteiger partial charge in [0, 0.05) is 19.8 Å². The molecule has 8 heteroatoms. The Morgan fingerprint density at radius 3 is 2.71 bits per heavy atom. The Balaban J connectivity index is 2.40. The van der Waals surface area contributed by atoms with Crippen LogP contribution in [0.25, 0.3) is 0 Å². The van der Waals surface area contributed by atoms with Crippen molar-refractivity contribution in [2.24, 2.45) is 0 Å². The maximum atomic E-state index is 11.3. The normalized spacial score (nSPS) is 10.2. The Hall–Kier alpha value is -2.77. The van der Waals surface area contributed by atoms with Crippen LogP contribution in [0.15, 0.2) is 30.7 Å². The number of nitrogens with one attached hydrogen (secondary N) is 1. The standard InChI is InChI=1S/C13H16N6O2/c1-3-18(8-10-6-4-5-7-15-10)13-11(19(20)21)12(14-2)16-9-17-13/h4-7,9H,3,8H2,1-2H3,(H,14,16,17). The third-order valence-corrected chi connectivity index (χ3v) is 2.98. The number of hydrogen-bond donors (Lipinski definition) is 1. The van der Waals surface area contributed by atoms with Gasteiger partial charge in [0.2, 0.25) is 11.6 Å². The minimum absolute atomic E-state index is 0.127. The van der Waals surface area contributed by atoms with E-state index in [-0.39, 0.29) is 17.3 Å². The predicted octanol–water partition coefficient (Wildman–Crippen LogP) is 1.85. The van der Waals surface area contributed by atoms with E-state index >= 15 is 0 Å². The smallest absolute Gasteiger partial charge is 0.353 e. The lowest BCUT2D eigenvalue weighted by Gasteiger charge is -2.21. The van der Waals surface area contributed by atoms with Gasteiger partial charge < -0.3 is 10.2 Å². The first-order chi connectivity index (χ1) is 10.2. The van der Waals surface area contributed by atoms with E-state index in [2.05, 4.69) is 20.3 Å². The number of hydrogen-bond acceptors (Lipinski definition) is 7. The van der Waals surface area contributed by atoms with Crippen LogP contribution in [0.2, 0.25) is 0 Å². The average molecular weight is 288 g/mol. The quantitative estimate of drug-likeness (QED) is 0.639. The third-order valence-electron chi connectivity index (χ3n) is 2.98. The molecule has 0 aliphatic rings. The van der Waals surface area contributed by atoms with E-state index in [1.807, 2.05) is 25.1 Å². The van der Waals surface area contributed by atoms with Gasteiger partial charge >= 0.3 is 5.69 Å². The van der Waals surface area contributed by atoms with Crippen molar-refractivity contribution in [1.29, 1.82) is 0 Å². The first kappa shape index (κ1) is 14.6. The first-order valence-corrected chi connectivity index (χ1v) is 6.49. The van der Waals surface area contributed by atoms with Crippen molar-refractivity contribution >= 4 is 17.3 Å². The highest BCUT2D eigenvalue weighted by atomic mass is 16.6. The molecule has 0 atom stereocenters. The summed E-state index contributed by atoms with van der Waals surface area (Å²) in [6.07, 6.45) is 3.01. The van der Waals surface area contributed by atoms with Crippen LogP contribution in [0.5, 0.6) is 0 Å². The summed E-state index contributed by atoms with van der Waals surface area (Å²) in [5, 5.41) is 14.0. The fourth-order valence-electron chi connectivity index (χ4n) is 1.98. The van der Waals surface area contributed by atoms with Crippen LogP contribution in [-0.4, -0.2) is 33.5 Å². The third kappa shape index (κ3) is 3.22. The molecule has 0 saturated carbocycles. The highest BCUT2D eigenvalue weighted by Gasteiger charge is 2.26. The van der Waals surface area contributed by atoms with E-state index in [0.717, 1.165) is 5.69 Å². The molecule has 2 heterocycles. The van der Waals surface area contributed by atoms with E-state index in [4.69, 9.17) is 0 Å². The molecule has 110 valence electrons. The van der Waals surface area contributed by atoms with Gasteiger partial charge in [-0.1, -0.05) is 6.07 Å². The zero-order valence-electron chi connectivity index (χ0n) is 11.9. The van der Waals surface area contributed by atoms with Crippen molar-refractivity contribution in [1.82, 2.24) is 15.0 Å². The van der Waals surface area contributed by atoms with E-state index < -0.39 is 4.92 Å². The van der Waals surface area contributed by atoms with Crippen LogP contribution in [0, 0.1) is 10.1 Å². The second-order valence-electron chi connectivity index (χ2n) is 4.24. The lowest BCUT2D eigenvalue weighted by molar-refractivity contribution is -0.383. The Bertz CT molecular complexity index is 619. The van der Waals surface area contributed by atoms with Gasteiger partial charge in [0.05, 0.1) is 17.2 Å². The van der Waals surface area contributed by atoms with Crippen molar-refractivity contribution in [3.63, 3.8) is 0 Å². The fourth-order valence-corrected chi connectivity index (χ4v) is 1.98. The van der Waals surface area contributed by atoms with Gasteiger partial charge in [0.25, 0.3) is 0 Å². The van der Waals surface area contributed by atoms with Crippen molar-refractivity contribution < 1.29 is 4.92 Å². The summed E-state index contributed by atoms with van der Waals surface area (Å²) in [7, 11) is 1.59. The molecule has 0 aliphatic carbocycles. The van der Waals surface area contributed by atoms with Gasteiger partial charge in [-0.2, -0.15) is 0 Å². The van der Waals surface area contributed by atoms with Gasteiger partial charge in [-0.15, -0.1) is 0 Å². The maximum absolute atomic E-state index is 11.3. The van der Waals surface area contributed by atoms with Gasteiger partial charge in [-0.25, -0.2) is 9.97 Å². The van der Waals surface area contributed by atoms with Gasteiger partial charge in [-0.3, -0.25) is 15.1 Å². The maximum Gasteiger partial charge on any atom is 0.353 e. The molecular weight excluding hydrogens is 272 g/mol. The molecule has 0 bridgehead atoms. The first-order valence-electron chi connectivity index (χ1n) is 6.49. The van der Waals surface area contributed by atoms with Gasteiger partial charge in [0.15, 0.2) is 0 Å². The zero-order valence-corrected chi connectivity index (χ0v) is 11.9. The minimum Gasteiger partial charge on any atom is -0.367 e. The van der Waals surface area contributed by atoms with Crippen LogP contribution in [-0.2, 0) is 6.54 Å². The Labute approximate surface area is 122 Å². The summed E-state index contributed by atoms with van der Waals surface area (Å²) in [6, 6.07) is 5.57. The topological polar surface area (TPSA) is 97.1 Å². The molecule has 0 fully saturated rings. The Morgan fingerprint density at radius 2 is 2.14 bits per heavy atom. The monoisotopic (exact) mass is 288 g/mol. The van der Waals surface area contributed by atoms with Crippen LogP contribution < -0.4 is 10.2 Å². The fraction of sp³-hybridized carbons (Fsp3) is 0.308. The Kier molecular flexibility index (Phi) is 4.60. The summed E-state index contributed by atoms with van der Waals surface area (Å²) in [5.74, 6) is 0.483. The molecule has 8 nitrogen and oxygen atoms in total. The molecule has 0 amide bonds. The van der Waals surface area contributed by atoms with Crippen LogP contribution in [0.3, 0.4) is 0 Å². The van der Waals surface area contributed by atoms with Crippen molar-refractivity contribution in [3.8, 4) is 0 Å². The molecule has 0 aliphatic heterocycles. The molecular formula is C13H16N6O2. The molecule has 0 saturated heterocycles. The Morgan fingerprint density at radius 1 is 1.33 bits per heavy atom. The molecule has 2 aromatic heterocycles. The minimum atomic E-state index is -0.470. The summed E-state index contributed by atoms with van der Waals surface area (Å²) < 4.78 is 0. The molecule has 2 rings (SSSR count). The molecule has 0 radical (unpaired) electrons. The number of pyridine rings is 1. The molecule has 2 aromatic rings. The molecule has 21 heavy (non-hydrogen) atoms. The van der Waals surface area contributed by atoms with Gasteiger partial charge in [-0.05, 0) is 19.1 Å². The predicted molar refractivity (Wildman–Crippen MR) is 79.2 cm³/mol. The van der Waals surface area contributed by atoms with Crippen LogP contribution >= 0.6 is 0 Å². The van der Waals surface area contributed by atoms with E-state index in [1.165, 1.54) is 6.33 Å². The number of nitrogens with zero attached hydrogens (tertiary/aromatic N) is 5. The van der Waals surface area contributed by atoms with E-state index in [9.17, 15) is 10.1 Å². The van der Waals surface area contributed by atoms with Crippen molar-refractivity contribution in [3.05, 3.63) is 46.5 Å². The molecule has 1 N–H and O–H groups in total. The SMILES string of the molecule is CCN(Cc1ccccn1)c1ncnc(NC)c1[N+](=O)[O-]. The van der Waals surface area contributed by atoms with Gasteiger partial charge in [0.1, 0.15) is 6.33 Å². The summed E-state index contributed by atoms with van der Waals surface area (Å²) in [5.41, 5.74) is 0.691. The average Bonchev–Trinajstić information content (AvgIpc) is 2.52. The van der Waals surface area contributed by atoms with Crippen LogP contribution in [0.1, 0.15) is 12.6 Å². The van der Waals surface area contributed by atoms with Crippen LogP contribution in [0.4, 0.5) is 17.3 Å². The number of aromatic nitrogens is 3. The van der Waals surface area contributed by atoms with Crippen molar-refractivity contribution in [2.75, 3.05) is 23.8 Å². The number of nitro groups is 1. The largest absolute Gasteiger partial charge is 0.367 e. The molecule has 0 unspecified atom stereocenters. The van der Waals surface area contributed by atoms with E-state index in [0.29, 0.717) is 13.1 Å². The highest BCUT2D eigenvalue weighted by Crippen LogP contribution is 2.31. The number of rotatable bonds is 6. The second-order valence-corrected chi connectivity index (χ2v) is 4.24. The lowest BCUT2D eigenvalue weighted by Crippen LogP contribution is -2.25. The molecule has 0 aromatic carbocycles. The summed E-state index contributed by atoms with van der Waals surface area (Å²) >= 11 is 0. The summed E-state index contributed by atoms with van der Waals surface area (Å²) in [4.78, 5) is 24.9. The summed E-state index contributed by atoms with van der Waals surface area (Å²) in [6.45, 7) is 2.92. The lowest BCUT2D eigenvalue weighted by atomic mass is 10.3. The van der Waals surface area contributed by atoms with E-state index in [1.54, 1.807) is 18.1 Å². The zero-order chi connectivity index (χ0) is 15.2. The van der Waals surface area contributed by atoms with Crippen molar-refractivity contribution in [2.45, 2.75) is 13.5 Å². The second kappa shape index (κ2) is 6.60. The highest BCUT2D eigenvalue weighted by molar-refractivity contribution is 5.70. The number of anilines is 2.